The Labute approximate surface area is 164 Å². The summed E-state index contributed by atoms with van der Waals surface area (Å²) in [5.41, 5.74) is 0.294. The summed E-state index contributed by atoms with van der Waals surface area (Å²) >= 11 is 0. The van der Waals surface area contributed by atoms with E-state index < -0.39 is 21.5 Å². The van der Waals surface area contributed by atoms with Crippen molar-refractivity contribution in [2.45, 2.75) is 0 Å². The number of piperazine rings is 1. The molecule has 28 heavy (non-hydrogen) atoms. The zero-order valence-electron chi connectivity index (χ0n) is 16.1. The fraction of sp³-hybridized carbons (Fsp3) is 0.611. The van der Waals surface area contributed by atoms with E-state index in [-0.39, 0.29) is 11.5 Å². The van der Waals surface area contributed by atoms with Crippen LogP contribution in [0.15, 0.2) is 23.2 Å². The van der Waals surface area contributed by atoms with Crippen LogP contribution in [0.1, 0.15) is 0 Å². The van der Waals surface area contributed by atoms with Crippen LogP contribution in [-0.2, 0) is 9.84 Å². The SMILES string of the molecule is CN=C(NCCN1CCS(=O)(=O)CC1)N1CCN(c2cc(F)ccc2F)CC1. The van der Waals surface area contributed by atoms with Crippen molar-refractivity contribution in [1.82, 2.24) is 15.1 Å². The molecule has 1 N–H and O–H groups in total. The lowest BCUT2D eigenvalue weighted by Crippen LogP contribution is -2.53. The predicted molar refractivity (Wildman–Crippen MR) is 107 cm³/mol. The molecule has 0 unspecified atom stereocenters. The maximum Gasteiger partial charge on any atom is 0.193 e. The number of nitrogens with one attached hydrogen (secondary N) is 1. The lowest BCUT2D eigenvalue weighted by molar-refractivity contribution is 0.296. The maximum atomic E-state index is 14.0. The third-order valence-electron chi connectivity index (χ3n) is 5.19. The van der Waals surface area contributed by atoms with Crippen LogP contribution < -0.4 is 10.2 Å². The van der Waals surface area contributed by atoms with Gasteiger partial charge >= 0.3 is 0 Å². The summed E-state index contributed by atoms with van der Waals surface area (Å²) in [5, 5.41) is 3.31. The number of halogens is 2. The second-order valence-corrected chi connectivity index (χ2v) is 9.34. The van der Waals surface area contributed by atoms with E-state index in [1.165, 1.54) is 6.07 Å². The predicted octanol–water partition coefficient (Wildman–Crippen LogP) is 0.393. The van der Waals surface area contributed by atoms with Gasteiger partial charge in [0.05, 0.1) is 17.2 Å². The van der Waals surface area contributed by atoms with Gasteiger partial charge in [0, 0.05) is 65.5 Å². The first kappa shape index (κ1) is 20.8. The Balaban J connectivity index is 1.45. The lowest BCUT2D eigenvalue weighted by Gasteiger charge is -2.38. The van der Waals surface area contributed by atoms with E-state index in [9.17, 15) is 17.2 Å². The third kappa shape index (κ3) is 5.32. The average molecular weight is 416 g/mol. The van der Waals surface area contributed by atoms with Crippen LogP contribution in [-0.4, -0.2) is 95.1 Å². The number of hydrogen-bond acceptors (Lipinski definition) is 5. The minimum Gasteiger partial charge on any atom is -0.366 e. The van der Waals surface area contributed by atoms with Crippen molar-refractivity contribution in [1.29, 1.82) is 0 Å². The number of hydrogen-bond donors (Lipinski definition) is 1. The third-order valence-corrected chi connectivity index (χ3v) is 6.80. The fourth-order valence-corrected chi connectivity index (χ4v) is 4.80. The van der Waals surface area contributed by atoms with E-state index in [0.717, 1.165) is 24.6 Å². The van der Waals surface area contributed by atoms with Crippen molar-refractivity contribution < 1.29 is 17.2 Å². The van der Waals surface area contributed by atoms with Crippen LogP contribution in [0, 0.1) is 11.6 Å². The van der Waals surface area contributed by atoms with E-state index in [2.05, 4.69) is 20.1 Å². The van der Waals surface area contributed by atoms with E-state index in [0.29, 0.717) is 51.5 Å². The molecule has 2 aliphatic heterocycles. The average Bonchev–Trinajstić information content (AvgIpc) is 2.68. The number of sulfone groups is 1. The van der Waals surface area contributed by atoms with Gasteiger partial charge in [-0.3, -0.25) is 9.89 Å². The molecule has 2 aliphatic rings. The lowest BCUT2D eigenvalue weighted by atomic mass is 10.2. The van der Waals surface area contributed by atoms with Gasteiger partial charge in [-0.05, 0) is 12.1 Å². The van der Waals surface area contributed by atoms with E-state index in [1.54, 1.807) is 7.05 Å². The second kappa shape index (κ2) is 9.04. The first-order chi connectivity index (χ1) is 13.4. The van der Waals surface area contributed by atoms with Crippen LogP contribution in [0.4, 0.5) is 14.5 Å². The Kier molecular flexibility index (Phi) is 6.71. The van der Waals surface area contributed by atoms with Gasteiger partial charge in [-0.25, -0.2) is 17.2 Å². The van der Waals surface area contributed by atoms with Gasteiger partial charge in [0.1, 0.15) is 11.6 Å². The molecule has 0 radical (unpaired) electrons. The second-order valence-electron chi connectivity index (χ2n) is 7.04. The molecule has 0 spiro atoms. The number of guanidine groups is 1. The highest BCUT2D eigenvalue weighted by molar-refractivity contribution is 7.91. The highest BCUT2D eigenvalue weighted by Gasteiger charge is 2.23. The molecule has 7 nitrogen and oxygen atoms in total. The summed E-state index contributed by atoms with van der Waals surface area (Å²) in [4.78, 5) is 10.4. The highest BCUT2D eigenvalue weighted by atomic mass is 32.2. The molecule has 0 aromatic heterocycles. The number of anilines is 1. The minimum absolute atomic E-state index is 0.223. The van der Waals surface area contributed by atoms with Gasteiger partial charge in [0.2, 0.25) is 0 Å². The molecular formula is C18H27F2N5O2S. The van der Waals surface area contributed by atoms with E-state index in [4.69, 9.17) is 0 Å². The monoisotopic (exact) mass is 415 g/mol. The molecule has 2 heterocycles. The van der Waals surface area contributed by atoms with Crippen molar-refractivity contribution >= 4 is 21.5 Å². The van der Waals surface area contributed by atoms with Gasteiger partial charge in [-0.2, -0.15) is 0 Å². The van der Waals surface area contributed by atoms with Gasteiger partial charge in [-0.15, -0.1) is 0 Å². The van der Waals surface area contributed by atoms with Crippen LogP contribution in [0.2, 0.25) is 0 Å². The van der Waals surface area contributed by atoms with E-state index >= 15 is 0 Å². The molecule has 0 amide bonds. The van der Waals surface area contributed by atoms with Crippen LogP contribution in [0.5, 0.6) is 0 Å². The van der Waals surface area contributed by atoms with Crippen molar-refractivity contribution in [3.8, 4) is 0 Å². The van der Waals surface area contributed by atoms with Gasteiger partial charge in [0.25, 0.3) is 0 Å². The molecule has 0 saturated carbocycles. The Hall–Kier alpha value is -1.94. The molecule has 3 rings (SSSR count). The quantitative estimate of drug-likeness (QED) is 0.567. The first-order valence-corrected chi connectivity index (χ1v) is 11.3. The van der Waals surface area contributed by atoms with Gasteiger partial charge in [0.15, 0.2) is 15.8 Å². The number of benzene rings is 1. The molecule has 0 atom stereocenters. The first-order valence-electron chi connectivity index (χ1n) is 9.46. The Morgan fingerprint density at radius 3 is 2.43 bits per heavy atom. The number of nitrogens with zero attached hydrogens (tertiary/aromatic N) is 4. The fourth-order valence-electron chi connectivity index (χ4n) is 3.52. The summed E-state index contributed by atoms with van der Waals surface area (Å²) in [6.07, 6.45) is 0. The molecule has 2 fully saturated rings. The Morgan fingerprint density at radius 1 is 1.11 bits per heavy atom. The normalized spacial score (nSPS) is 21.0. The Morgan fingerprint density at radius 2 is 1.79 bits per heavy atom. The van der Waals surface area contributed by atoms with Crippen molar-refractivity contribution in [2.75, 3.05) is 75.8 Å². The van der Waals surface area contributed by atoms with Crippen molar-refractivity contribution in [2.24, 2.45) is 4.99 Å². The summed E-state index contributed by atoms with van der Waals surface area (Å²) < 4.78 is 50.4. The molecular weight excluding hydrogens is 388 g/mol. The molecule has 0 aliphatic carbocycles. The summed E-state index contributed by atoms with van der Waals surface area (Å²) in [6.45, 7) is 5.01. The van der Waals surface area contributed by atoms with Crippen molar-refractivity contribution in [3.63, 3.8) is 0 Å². The summed E-state index contributed by atoms with van der Waals surface area (Å²) in [7, 11) is -1.14. The topological polar surface area (TPSA) is 68.2 Å². The number of aliphatic imine (C=N–C) groups is 1. The van der Waals surface area contributed by atoms with Crippen LogP contribution >= 0.6 is 0 Å². The Bertz CT molecular complexity index is 796. The van der Waals surface area contributed by atoms with Crippen LogP contribution in [0.25, 0.3) is 0 Å². The smallest absolute Gasteiger partial charge is 0.193 e. The van der Waals surface area contributed by atoms with Crippen molar-refractivity contribution in [3.05, 3.63) is 29.8 Å². The number of rotatable bonds is 4. The van der Waals surface area contributed by atoms with Gasteiger partial charge in [-0.1, -0.05) is 0 Å². The minimum atomic E-state index is -2.86. The zero-order chi connectivity index (χ0) is 20.1. The zero-order valence-corrected chi connectivity index (χ0v) is 16.9. The van der Waals surface area contributed by atoms with Crippen LogP contribution in [0.3, 0.4) is 0 Å². The molecule has 1 aromatic carbocycles. The van der Waals surface area contributed by atoms with Gasteiger partial charge < -0.3 is 15.1 Å². The largest absolute Gasteiger partial charge is 0.366 e. The summed E-state index contributed by atoms with van der Waals surface area (Å²) in [5.74, 6) is 0.354. The molecule has 0 bridgehead atoms. The van der Waals surface area contributed by atoms with E-state index in [1.807, 2.05) is 4.90 Å². The molecule has 10 heteroatoms. The maximum absolute atomic E-state index is 14.0. The molecule has 156 valence electrons. The summed E-state index contributed by atoms with van der Waals surface area (Å²) in [6, 6.07) is 3.51. The highest BCUT2D eigenvalue weighted by Crippen LogP contribution is 2.21. The standard InChI is InChI=1S/C18H27F2N5O2S/c1-21-18(22-4-5-23-10-12-28(26,27)13-11-23)25-8-6-24(7-9-25)17-14-15(19)2-3-16(17)20/h2-3,14H,4-13H2,1H3,(H,21,22). The molecule has 1 aromatic rings. The molecule has 2 saturated heterocycles.